The second-order valence-electron chi connectivity index (χ2n) is 9.38. The fourth-order valence-electron chi connectivity index (χ4n) is 4.25. The summed E-state index contributed by atoms with van der Waals surface area (Å²) >= 11 is 12.3. The van der Waals surface area contributed by atoms with Gasteiger partial charge in [-0.2, -0.15) is 0 Å². The van der Waals surface area contributed by atoms with Crippen molar-refractivity contribution in [2.75, 3.05) is 24.5 Å². The topological polar surface area (TPSA) is 96.0 Å². The van der Waals surface area contributed by atoms with Gasteiger partial charge in [0.05, 0.1) is 17.7 Å². The van der Waals surface area contributed by atoms with E-state index < -0.39 is 28.5 Å². The Morgan fingerprint density at radius 3 is 2.22 bits per heavy atom. The largest absolute Gasteiger partial charge is 0.497 e. The zero-order valence-electron chi connectivity index (χ0n) is 23.3. The third kappa shape index (κ3) is 8.61. The Labute approximate surface area is 252 Å². The van der Waals surface area contributed by atoms with Crippen LogP contribution >= 0.6 is 23.2 Å². The molecule has 220 valence electrons. The lowest BCUT2D eigenvalue weighted by atomic mass is 10.1. The molecule has 0 aliphatic carbocycles. The van der Waals surface area contributed by atoms with E-state index in [4.69, 9.17) is 27.9 Å². The van der Waals surface area contributed by atoms with E-state index in [9.17, 15) is 18.0 Å². The molecule has 0 aromatic heterocycles. The fraction of sp³-hybridized carbons (Fsp3) is 0.333. The SMILES string of the molecule is CCCCNC(=O)C(CC)N(Cc1ccc(Cl)cc1)C(=O)CN(c1cccc(Cl)c1)S(=O)(=O)c1ccc(OC)cc1. The number of nitrogens with one attached hydrogen (secondary N) is 1. The van der Waals surface area contributed by atoms with Crippen molar-refractivity contribution in [3.63, 3.8) is 0 Å². The first-order chi connectivity index (χ1) is 19.6. The molecule has 0 fully saturated rings. The summed E-state index contributed by atoms with van der Waals surface area (Å²) in [5.41, 5.74) is 0.962. The second kappa shape index (κ2) is 15.1. The molecule has 11 heteroatoms. The van der Waals surface area contributed by atoms with E-state index in [1.807, 2.05) is 13.8 Å². The van der Waals surface area contributed by atoms with Crippen molar-refractivity contribution in [3.8, 4) is 5.75 Å². The summed E-state index contributed by atoms with van der Waals surface area (Å²) in [4.78, 5) is 28.7. The predicted octanol–water partition coefficient (Wildman–Crippen LogP) is 5.92. The molecular weight excluding hydrogens is 585 g/mol. The van der Waals surface area contributed by atoms with Crippen LogP contribution in [0.2, 0.25) is 10.0 Å². The van der Waals surface area contributed by atoms with Gasteiger partial charge in [0.2, 0.25) is 11.8 Å². The summed E-state index contributed by atoms with van der Waals surface area (Å²) in [5.74, 6) is -0.353. The zero-order valence-corrected chi connectivity index (χ0v) is 25.7. The average Bonchev–Trinajstić information content (AvgIpc) is 2.96. The first-order valence-electron chi connectivity index (χ1n) is 13.3. The molecule has 0 spiro atoms. The molecule has 0 heterocycles. The van der Waals surface area contributed by atoms with Crippen LogP contribution < -0.4 is 14.4 Å². The number of ether oxygens (including phenoxy) is 1. The van der Waals surface area contributed by atoms with Crippen LogP contribution in [0.1, 0.15) is 38.7 Å². The van der Waals surface area contributed by atoms with Crippen LogP contribution in [0.4, 0.5) is 5.69 Å². The maximum atomic E-state index is 14.1. The number of anilines is 1. The molecule has 3 rings (SSSR count). The van der Waals surface area contributed by atoms with E-state index in [-0.39, 0.29) is 23.0 Å². The quantitative estimate of drug-likeness (QED) is 0.226. The Hall–Kier alpha value is -3.27. The number of carbonyl (C=O) groups is 2. The zero-order chi connectivity index (χ0) is 30.0. The number of halogens is 2. The molecule has 0 aliphatic heterocycles. The van der Waals surface area contributed by atoms with Gasteiger partial charge in [0.1, 0.15) is 18.3 Å². The molecule has 2 amide bonds. The molecule has 1 N–H and O–H groups in total. The highest BCUT2D eigenvalue weighted by atomic mass is 35.5. The van der Waals surface area contributed by atoms with Crippen molar-refractivity contribution in [1.82, 2.24) is 10.2 Å². The van der Waals surface area contributed by atoms with Crippen molar-refractivity contribution < 1.29 is 22.7 Å². The lowest BCUT2D eigenvalue weighted by Gasteiger charge is -2.33. The van der Waals surface area contributed by atoms with Crippen LogP contribution in [0.15, 0.2) is 77.7 Å². The number of amides is 2. The third-order valence-corrected chi connectivity index (χ3v) is 8.78. The molecule has 41 heavy (non-hydrogen) atoms. The summed E-state index contributed by atoms with van der Waals surface area (Å²) < 4.78 is 34.0. The van der Waals surface area contributed by atoms with Crippen LogP contribution in [0.5, 0.6) is 5.75 Å². The maximum absolute atomic E-state index is 14.1. The summed E-state index contributed by atoms with van der Waals surface area (Å²) in [6.07, 6.45) is 2.04. The van der Waals surface area contributed by atoms with Gasteiger partial charge in [-0.05, 0) is 73.0 Å². The van der Waals surface area contributed by atoms with Gasteiger partial charge >= 0.3 is 0 Å². The fourth-order valence-corrected chi connectivity index (χ4v) is 5.96. The third-order valence-electron chi connectivity index (χ3n) is 6.50. The predicted molar refractivity (Wildman–Crippen MR) is 163 cm³/mol. The first kappa shape index (κ1) is 32.2. The van der Waals surface area contributed by atoms with Crippen molar-refractivity contribution >= 4 is 50.7 Å². The highest BCUT2D eigenvalue weighted by molar-refractivity contribution is 7.92. The lowest BCUT2D eigenvalue weighted by Crippen LogP contribution is -2.52. The summed E-state index contributed by atoms with van der Waals surface area (Å²) in [6, 6.07) is 18.3. The number of benzene rings is 3. The lowest BCUT2D eigenvalue weighted by molar-refractivity contribution is -0.140. The Bertz CT molecular complexity index is 1420. The van der Waals surface area contributed by atoms with E-state index in [0.717, 1.165) is 22.7 Å². The van der Waals surface area contributed by atoms with Gasteiger partial charge in [-0.15, -0.1) is 0 Å². The molecule has 0 aliphatic rings. The maximum Gasteiger partial charge on any atom is 0.264 e. The highest BCUT2D eigenvalue weighted by Crippen LogP contribution is 2.28. The normalized spacial score (nSPS) is 11.9. The Balaban J connectivity index is 2.03. The van der Waals surface area contributed by atoms with Gasteiger partial charge in [-0.3, -0.25) is 13.9 Å². The molecule has 0 saturated heterocycles. The van der Waals surface area contributed by atoms with Gasteiger partial charge in [0, 0.05) is 23.1 Å². The van der Waals surface area contributed by atoms with Gasteiger partial charge in [-0.1, -0.05) is 61.7 Å². The second-order valence-corrected chi connectivity index (χ2v) is 12.1. The van der Waals surface area contributed by atoms with Crippen LogP contribution in [0.3, 0.4) is 0 Å². The highest BCUT2D eigenvalue weighted by Gasteiger charge is 2.33. The summed E-state index contributed by atoms with van der Waals surface area (Å²) in [7, 11) is -2.74. The molecule has 8 nitrogen and oxygen atoms in total. The van der Waals surface area contributed by atoms with Crippen LogP contribution in [0.25, 0.3) is 0 Å². The van der Waals surface area contributed by atoms with Crippen molar-refractivity contribution in [1.29, 1.82) is 0 Å². The number of carbonyl (C=O) groups excluding carboxylic acids is 2. The Morgan fingerprint density at radius 1 is 0.951 bits per heavy atom. The number of hydrogen-bond acceptors (Lipinski definition) is 5. The number of methoxy groups -OCH3 is 1. The molecule has 3 aromatic rings. The Morgan fingerprint density at radius 2 is 1.63 bits per heavy atom. The van der Waals surface area contributed by atoms with E-state index in [0.29, 0.717) is 28.8 Å². The molecular formula is C30H35Cl2N3O5S. The molecule has 0 bridgehead atoms. The number of hydrogen-bond donors (Lipinski definition) is 1. The number of rotatable bonds is 14. The summed E-state index contributed by atoms with van der Waals surface area (Å²) in [6.45, 7) is 3.85. The van der Waals surface area contributed by atoms with E-state index in [1.165, 1.54) is 42.3 Å². The molecule has 3 aromatic carbocycles. The van der Waals surface area contributed by atoms with Crippen molar-refractivity contribution in [2.24, 2.45) is 0 Å². The smallest absolute Gasteiger partial charge is 0.264 e. The number of unbranched alkanes of at least 4 members (excludes halogenated alkanes) is 1. The first-order valence-corrected chi connectivity index (χ1v) is 15.5. The minimum Gasteiger partial charge on any atom is -0.497 e. The average molecular weight is 621 g/mol. The van der Waals surface area contributed by atoms with Gasteiger partial charge in [-0.25, -0.2) is 8.42 Å². The van der Waals surface area contributed by atoms with Crippen molar-refractivity contribution in [3.05, 3.63) is 88.4 Å². The minimum atomic E-state index is -4.22. The van der Waals surface area contributed by atoms with Gasteiger partial charge in [0.25, 0.3) is 10.0 Å². The molecule has 1 atom stereocenters. The van der Waals surface area contributed by atoms with Crippen molar-refractivity contribution in [2.45, 2.75) is 50.6 Å². The van der Waals surface area contributed by atoms with E-state index >= 15 is 0 Å². The van der Waals surface area contributed by atoms with Crippen LogP contribution in [0, 0.1) is 0 Å². The summed E-state index contributed by atoms with van der Waals surface area (Å²) in [5, 5.41) is 3.75. The molecule has 1 unspecified atom stereocenters. The van der Waals surface area contributed by atoms with E-state index in [2.05, 4.69) is 5.32 Å². The van der Waals surface area contributed by atoms with Gasteiger partial charge in [0.15, 0.2) is 0 Å². The van der Waals surface area contributed by atoms with E-state index in [1.54, 1.807) is 42.5 Å². The Kier molecular flexibility index (Phi) is 11.9. The minimum absolute atomic E-state index is 0.0281. The number of nitrogens with zero attached hydrogens (tertiary/aromatic N) is 2. The molecule has 0 radical (unpaired) electrons. The molecule has 0 saturated carbocycles. The van der Waals surface area contributed by atoms with Crippen LogP contribution in [-0.2, 0) is 26.2 Å². The standard InChI is InChI=1S/C30H35Cl2N3O5S/c1-4-6-18-33-30(37)28(5-2)34(20-22-10-12-23(31)13-11-22)29(36)21-35(25-9-7-8-24(32)19-25)41(38,39)27-16-14-26(40-3)15-17-27/h7-17,19,28H,4-6,18,20-21H2,1-3H3,(H,33,37). The van der Waals surface area contributed by atoms with Crippen LogP contribution in [-0.4, -0.2) is 51.4 Å². The van der Waals surface area contributed by atoms with Gasteiger partial charge < -0.3 is 15.0 Å². The monoisotopic (exact) mass is 619 g/mol. The number of sulfonamides is 1.